The molecule has 0 aliphatic heterocycles. The zero-order valence-corrected chi connectivity index (χ0v) is 10.5. The van der Waals surface area contributed by atoms with E-state index in [1.807, 2.05) is 18.2 Å². The van der Waals surface area contributed by atoms with Gasteiger partial charge in [-0.25, -0.2) is 4.98 Å². The Morgan fingerprint density at radius 2 is 2.00 bits per heavy atom. The van der Waals surface area contributed by atoms with Gasteiger partial charge in [0.25, 0.3) is 0 Å². The number of hydrogen-bond donors (Lipinski definition) is 1. The number of nitrogens with zero attached hydrogens (tertiary/aromatic N) is 1. The first-order valence-corrected chi connectivity index (χ1v) is 5.62. The van der Waals surface area contributed by atoms with Gasteiger partial charge in [0.2, 0.25) is 3.79 Å². The molecule has 0 amide bonds. The predicted octanol–water partition coefficient (Wildman–Crippen LogP) is 4.15. The van der Waals surface area contributed by atoms with Crippen molar-refractivity contribution >= 4 is 61.8 Å². The second-order valence-electron chi connectivity index (χ2n) is 2.72. The molecule has 0 saturated heterocycles. The zero-order chi connectivity index (χ0) is 10.3. The lowest BCUT2D eigenvalue weighted by atomic mass is 10.3. The molecule has 74 valence electrons. The summed E-state index contributed by atoms with van der Waals surface area (Å²) in [7, 11) is 0. The number of rotatable bonds is 0. The summed E-state index contributed by atoms with van der Waals surface area (Å²) in [5.41, 5.74) is 1.59. The molecule has 0 unspecified atom stereocenters. The molecule has 2 rings (SSSR count). The van der Waals surface area contributed by atoms with Crippen molar-refractivity contribution in [2.75, 3.05) is 0 Å². The standard InChI is InChI=1S/C8H4BrCl3N2/c9-4-2-1-3-5-6(4)14-7(13-5)8(10,11)12/h1-3H,(H,13,14). The van der Waals surface area contributed by atoms with Crippen LogP contribution in [0.4, 0.5) is 0 Å². The predicted molar refractivity (Wildman–Crippen MR) is 63.0 cm³/mol. The van der Waals surface area contributed by atoms with E-state index in [1.165, 1.54) is 0 Å². The monoisotopic (exact) mass is 312 g/mol. The lowest BCUT2D eigenvalue weighted by Gasteiger charge is -2.04. The number of halogens is 4. The van der Waals surface area contributed by atoms with Crippen LogP contribution in [0.1, 0.15) is 5.82 Å². The summed E-state index contributed by atoms with van der Waals surface area (Å²) in [6, 6.07) is 5.61. The molecule has 2 aromatic rings. The first-order valence-electron chi connectivity index (χ1n) is 3.70. The Morgan fingerprint density at radius 1 is 1.29 bits per heavy atom. The van der Waals surface area contributed by atoms with Crippen LogP contribution in [-0.4, -0.2) is 9.97 Å². The highest BCUT2D eigenvalue weighted by Gasteiger charge is 2.27. The molecule has 1 N–H and O–H groups in total. The second-order valence-corrected chi connectivity index (χ2v) is 5.85. The van der Waals surface area contributed by atoms with E-state index in [-0.39, 0.29) is 0 Å². The van der Waals surface area contributed by atoms with Crippen molar-refractivity contribution in [3.63, 3.8) is 0 Å². The van der Waals surface area contributed by atoms with Crippen LogP contribution in [-0.2, 0) is 3.79 Å². The first kappa shape index (κ1) is 10.6. The normalized spacial score (nSPS) is 12.3. The highest BCUT2D eigenvalue weighted by atomic mass is 79.9. The average Bonchev–Trinajstić information content (AvgIpc) is 2.48. The summed E-state index contributed by atoms with van der Waals surface area (Å²) in [5, 5.41) is 0. The van der Waals surface area contributed by atoms with Crippen molar-refractivity contribution in [3.8, 4) is 0 Å². The Balaban J connectivity index is 2.69. The Kier molecular flexibility index (Phi) is 2.68. The molecule has 2 nitrogen and oxygen atoms in total. The van der Waals surface area contributed by atoms with Crippen LogP contribution in [0.3, 0.4) is 0 Å². The second kappa shape index (κ2) is 3.56. The number of fused-ring (bicyclic) bond motifs is 1. The van der Waals surface area contributed by atoms with Gasteiger partial charge in [0, 0.05) is 4.47 Å². The number of aromatic amines is 1. The van der Waals surface area contributed by atoms with Crippen LogP contribution in [0.15, 0.2) is 22.7 Å². The highest BCUT2D eigenvalue weighted by molar-refractivity contribution is 9.10. The number of aromatic nitrogens is 2. The Morgan fingerprint density at radius 3 is 2.57 bits per heavy atom. The van der Waals surface area contributed by atoms with Gasteiger partial charge in [-0.1, -0.05) is 40.9 Å². The van der Waals surface area contributed by atoms with E-state index >= 15 is 0 Å². The summed E-state index contributed by atoms with van der Waals surface area (Å²) < 4.78 is -0.624. The van der Waals surface area contributed by atoms with Gasteiger partial charge in [0.15, 0.2) is 5.82 Å². The Bertz CT molecular complexity index is 475. The highest BCUT2D eigenvalue weighted by Crippen LogP contribution is 2.37. The Labute approximate surface area is 104 Å². The summed E-state index contributed by atoms with van der Waals surface area (Å²) in [6.07, 6.45) is 0. The van der Waals surface area contributed by atoms with Crippen LogP contribution in [0.2, 0.25) is 0 Å². The quantitative estimate of drug-likeness (QED) is 0.727. The fraction of sp³-hybridized carbons (Fsp3) is 0.125. The van der Waals surface area contributed by atoms with Crippen LogP contribution in [0.25, 0.3) is 11.0 Å². The SMILES string of the molecule is ClC(Cl)(Cl)c1nc2cccc(Br)c2[nH]1. The van der Waals surface area contributed by atoms with Crippen molar-refractivity contribution in [1.29, 1.82) is 0 Å². The van der Waals surface area contributed by atoms with Gasteiger partial charge in [0.05, 0.1) is 11.0 Å². The van der Waals surface area contributed by atoms with Crippen molar-refractivity contribution in [3.05, 3.63) is 28.5 Å². The summed E-state index contributed by atoms with van der Waals surface area (Å²) >= 11 is 20.5. The molecular formula is C8H4BrCl3N2. The van der Waals surface area contributed by atoms with Gasteiger partial charge < -0.3 is 4.98 Å². The van der Waals surface area contributed by atoms with Gasteiger partial charge >= 0.3 is 0 Å². The maximum Gasteiger partial charge on any atom is 0.248 e. The summed E-state index contributed by atoms with van der Waals surface area (Å²) in [4.78, 5) is 7.11. The molecule has 1 heterocycles. The van der Waals surface area contributed by atoms with E-state index in [0.717, 1.165) is 15.5 Å². The van der Waals surface area contributed by atoms with E-state index < -0.39 is 3.79 Å². The lowest BCUT2D eigenvalue weighted by molar-refractivity contribution is 1.05. The third kappa shape index (κ3) is 1.87. The number of nitrogens with one attached hydrogen (secondary N) is 1. The minimum Gasteiger partial charge on any atom is -0.337 e. The largest absolute Gasteiger partial charge is 0.337 e. The molecule has 0 fully saturated rings. The van der Waals surface area contributed by atoms with Crippen LogP contribution < -0.4 is 0 Å². The molecule has 6 heteroatoms. The zero-order valence-electron chi connectivity index (χ0n) is 6.69. The number of H-pyrrole nitrogens is 1. The maximum atomic E-state index is 5.70. The summed E-state index contributed by atoms with van der Waals surface area (Å²) in [6.45, 7) is 0. The number of benzene rings is 1. The molecule has 0 aliphatic rings. The van der Waals surface area contributed by atoms with Gasteiger partial charge in [0.1, 0.15) is 0 Å². The van der Waals surface area contributed by atoms with E-state index in [0.29, 0.717) is 5.82 Å². The number of hydrogen-bond acceptors (Lipinski definition) is 1. The molecule has 0 aliphatic carbocycles. The minimum absolute atomic E-state index is 0.324. The van der Waals surface area contributed by atoms with Crippen LogP contribution >= 0.6 is 50.7 Å². The maximum absolute atomic E-state index is 5.70. The number of imidazole rings is 1. The average molecular weight is 314 g/mol. The molecule has 1 aromatic heterocycles. The van der Waals surface area contributed by atoms with E-state index in [1.54, 1.807) is 0 Å². The minimum atomic E-state index is -1.52. The van der Waals surface area contributed by atoms with Crippen molar-refractivity contribution in [2.45, 2.75) is 3.79 Å². The van der Waals surface area contributed by atoms with Gasteiger partial charge in [-0.3, -0.25) is 0 Å². The molecule has 0 saturated carbocycles. The molecule has 0 spiro atoms. The van der Waals surface area contributed by atoms with Gasteiger partial charge in [-0.05, 0) is 28.1 Å². The molecular weight excluding hydrogens is 310 g/mol. The van der Waals surface area contributed by atoms with Gasteiger partial charge in [-0.2, -0.15) is 0 Å². The summed E-state index contributed by atoms with van der Waals surface area (Å²) in [5.74, 6) is 0.324. The molecule has 0 radical (unpaired) electrons. The molecule has 14 heavy (non-hydrogen) atoms. The van der Waals surface area contributed by atoms with E-state index in [2.05, 4.69) is 25.9 Å². The van der Waals surface area contributed by atoms with Crippen LogP contribution in [0.5, 0.6) is 0 Å². The fourth-order valence-electron chi connectivity index (χ4n) is 1.13. The fourth-order valence-corrected chi connectivity index (χ4v) is 1.85. The Hall–Kier alpha value is 0.0400. The molecule has 0 bridgehead atoms. The topological polar surface area (TPSA) is 28.7 Å². The number of para-hydroxylation sites is 1. The molecule has 0 atom stereocenters. The van der Waals surface area contributed by atoms with E-state index in [4.69, 9.17) is 34.8 Å². The van der Waals surface area contributed by atoms with Crippen molar-refractivity contribution in [1.82, 2.24) is 9.97 Å². The first-order chi connectivity index (χ1) is 6.48. The van der Waals surface area contributed by atoms with Crippen LogP contribution in [0, 0.1) is 0 Å². The third-order valence-corrected chi connectivity index (χ3v) is 2.93. The van der Waals surface area contributed by atoms with E-state index in [9.17, 15) is 0 Å². The van der Waals surface area contributed by atoms with Crippen molar-refractivity contribution in [2.24, 2.45) is 0 Å². The van der Waals surface area contributed by atoms with Gasteiger partial charge in [-0.15, -0.1) is 0 Å². The smallest absolute Gasteiger partial charge is 0.248 e. The molecule has 1 aromatic carbocycles. The third-order valence-electron chi connectivity index (χ3n) is 1.74. The number of alkyl halides is 3. The lowest BCUT2D eigenvalue weighted by Crippen LogP contribution is -2.02. The van der Waals surface area contributed by atoms with Crippen molar-refractivity contribution < 1.29 is 0 Å².